The van der Waals surface area contributed by atoms with E-state index in [9.17, 15) is 14.0 Å². The molecule has 1 unspecified atom stereocenters. The van der Waals surface area contributed by atoms with Gasteiger partial charge in [-0.1, -0.05) is 25.9 Å². The smallest absolute Gasteiger partial charge is 0.330 e. The van der Waals surface area contributed by atoms with Gasteiger partial charge in [-0.3, -0.25) is 14.3 Å². The van der Waals surface area contributed by atoms with Crippen LogP contribution < -0.4 is 11.2 Å². The molecule has 9 nitrogen and oxygen atoms in total. The van der Waals surface area contributed by atoms with Crippen LogP contribution in [0.5, 0.6) is 0 Å². The van der Waals surface area contributed by atoms with Gasteiger partial charge in [-0.2, -0.15) is 0 Å². The van der Waals surface area contributed by atoms with Gasteiger partial charge in [0.05, 0.1) is 13.2 Å². The number of hydrogen-bond donors (Lipinski definition) is 1. The molecule has 1 aromatic heterocycles. The van der Waals surface area contributed by atoms with Crippen LogP contribution in [0.25, 0.3) is 10.4 Å². The van der Waals surface area contributed by atoms with Crippen LogP contribution in [0.4, 0.5) is 4.39 Å². The number of hydrogen-bond acceptors (Lipinski definition) is 5. The Kier molecular flexibility index (Phi) is 6.00. The number of aromatic amines is 1. The second kappa shape index (κ2) is 7.59. The molecule has 0 spiro atoms. The van der Waals surface area contributed by atoms with Gasteiger partial charge >= 0.3 is 5.69 Å². The largest absolute Gasteiger partial charge is 0.414 e. The highest BCUT2D eigenvalue weighted by Crippen LogP contribution is 2.42. The first kappa shape index (κ1) is 21.4. The molecular formula is C16H26FN5O4Si. The van der Waals surface area contributed by atoms with E-state index >= 15 is 0 Å². The van der Waals surface area contributed by atoms with Crippen molar-refractivity contribution in [1.29, 1.82) is 0 Å². The molecule has 0 aliphatic carbocycles. The number of H-pyrrole nitrogens is 1. The van der Waals surface area contributed by atoms with Gasteiger partial charge in [-0.25, -0.2) is 9.18 Å². The number of halogens is 1. The Hall–Kier alpha value is -1.94. The van der Waals surface area contributed by atoms with E-state index in [1.165, 1.54) is 6.20 Å². The summed E-state index contributed by atoms with van der Waals surface area (Å²) in [6.45, 7) is 10.3. The van der Waals surface area contributed by atoms with Crippen molar-refractivity contribution >= 4 is 8.32 Å². The first-order chi connectivity index (χ1) is 12.4. The number of aromatic nitrogens is 2. The number of rotatable bonds is 6. The first-order valence-electron chi connectivity index (χ1n) is 8.69. The molecule has 1 saturated heterocycles. The van der Waals surface area contributed by atoms with Gasteiger partial charge < -0.3 is 9.16 Å². The molecule has 3 atom stereocenters. The van der Waals surface area contributed by atoms with Crippen molar-refractivity contribution < 1.29 is 13.6 Å². The Morgan fingerprint density at radius 1 is 1.52 bits per heavy atom. The first-order valence-corrected chi connectivity index (χ1v) is 11.6. The Labute approximate surface area is 157 Å². The topological polar surface area (TPSA) is 122 Å². The number of alkyl halides is 1. The molecule has 0 aromatic carbocycles. The fourth-order valence-electron chi connectivity index (χ4n) is 2.62. The van der Waals surface area contributed by atoms with E-state index < -0.39 is 37.6 Å². The summed E-state index contributed by atoms with van der Waals surface area (Å²) in [5.74, 6) is 0. The van der Waals surface area contributed by atoms with E-state index in [0.717, 1.165) is 10.6 Å². The molecule has 1 aliphatic heterocycles. The number of ether oxygens (including phenoxy) is 1. The van der Waals surface area contributed by atoms with E-state index in [1.54, 1.807) is 0 Å². The summed E-state index contributed by atoms with van der Waals surface area (Å²) in [4.78, 5) is 28.1. The van der Waals surface area contributed by atoms with Crippen molar-refractivity contribution in [2.75, 3.05) is 13.2 Å². The fourth-order valence-corrected chi connectivity index (χ4v) is 3.68. The summed E-state index contributed by atoms with van der Waals surface area (Å²) in [6.07, 6.45) is -1.65. The predicted octanol–water partition coefficient (Wildman–Crippen LogP) is 2.86. The quantitative estimate of drug-likeness (QED) is 0.342. The average molecular weight is 399 g/mol. The van der Waals surface area contributed by atoms with Gasteiger partial charge in [0.25, 0.3) is 5.56 Å². The van der Waals surface area contributed by atoms with Gasteiger partial charge in [0.15, 0.2) is 14.5 Å². The predicted molar refractivity (Wildman–Crippen MR) is 101 cm³/mol. The third kappa shape index (κ3) is 4.67. The third-order valence-electron chi connectivity index (χ3n) is 5.30. The highest BCUT2D eigenvalue weighted by molar-refractivity contribution is 6.74. The Bertz CT molecular complexity index is 842. The van der Waals surface area contributed by atoms with Gasteiger partial charge in [0.2, 0.25) is 0 Å². The normalized spacial score (nSPS) is 26.0. The minimum absolute atomic E-state index is 0.0531. The summed E-state index contributed by atoms with van der Waals surface area (Å²) < 4.78 is 27.8. The molecule has 1 aromatic rings. The summed E-state index contributed by atoms with van der Waals surface area (Å²) >= 11 is 0. The molecule has 1 N–H and O–H groups in total. The summed E-state index contributed by atoms with van der Waals surface area (Å²) in [7, 11) is -2.15. The molecule has 150 valence electrons. The van der Waals surface area contributed by atoms with Gasteiger partial charge in [-0.05, 0) is 23.7 Å². The third-order valence-corrected chi connectivity index (χ3v) is 9.78. The van der Waals surface area contributed by atoms with Crippen molar-refractivity contribution in [3.63, 3.8) is 0 Å². The molecule has 0 saturated carbocycles. The van der Waals surface area contributed by atoms with Gasteiger partial charge in [-0.15, -0.1) is 0 Å². The lowest BCUT2D eigenvalue weighted by atomic mass is 10.0. The van der Waals surface area contributed by atoms with Crippen molar-refractivity contribution in [2.45, 2.75) is 63.3 Å². The molecule has 1 fully saturated rings. The fraction of sp³-hybridized carbons (Fsp3) is 0.750. The Morgan fingerprint density at radius 2 is 2.19 bits per heavy atom. The van der Waals surface area contributed by atoms with Gasteiger partial charge in [0, 0.05) is 23.6 Å². The second-order valence-electron chi connectivity index (χ2n) is 8.37. The number of nitrogens with one attached hydrogen (secondary N) is 1. The molecule has 0 bridgehead atoms. The standard InChI is InChI=1S/C16H26FN5O4Si/c1-15(2,3)27(4,5)25-10-16(9-19-21-18)8-11(17)13(26-16)22-7-6-12(23)20-14(22)24/h6-7,11,13H,8-10H2,1-5H3,(H,20,23,24)/t11-,13-,16?/m1/s1. The van der Waals surface area contributed by atoms with Crippen molar-refractivity contribution in [3.8, 4) is 0 Å². The SMILES string of the molecule is CC(C)(C)[Si](C)(C)OCC1(CN=[N+]=[N-])C[C@@H](F)[C@H](n2ccc(=O)[nH]c2=O)O1. The lowest BCUT2D eigenvalue weighted by molar-refractivity contribution is -0.0974. The van der Waals surface area contributed by atoms with E-state index in [0.29, 0.717) is 0 Å². The summed E-state index contributed by atoms with van der Waals surface area (Å²) in [5.41, 5.74) is 6.18. The van der Waals surface area contributed by atoms with Crippen molar-refractivity contribution in [2.24, 2.45) is 5.11 Å². The second-order valence-corrected chi connectivity index (χ2v) is 13.2. The molecule has 27 heavy (non-hydrogen) atoms. The van der Waals surface area contributed by atoms with Crippen LogP contribution >= 0.6 is 0 Å². The van der Waals surface area contributed by atoms with E-state index in [1.807, 2.05) is 0 Å². The molecular weight excluding hydrogens is 373 g/mol. The summed E-state index contributed by atoms with van der Waals surface area (Å²) in [6, 6.07) is 1.12. The van der Waals surface area contributed by atoms with Crippen LogP contribution in [0, 0.1) is 0 Å². The Balaban J connectivity index is 2.30. The minimum Gasteiger partial charge on any atom is -0.414 e. The zero-order valence-electron chi connectivity index (χ0n) is 16.2. The van der Waals surface area contributed by atoms with Crippen LogP contribution in [-0.4, -0.2) is 42.8 Å². The maximum Gasteiger partial charge on any atom is 0.330 e. The van der Waals surface area contributed by atoms with Crippen LogP contribution in [-0.2, 0) is 9.16 Å². The molecule has 2 rings (SSSR count). The average Bonchev–Trinajstić information content (AvgIpc) is 2.87. The minimum atomic E-state index is -2.15. The maximum atomic E-state index is 14.8. The van der Waals surface area contributed by atoms with Crippen LogP contribution in [0.3, 0.4) is 0 Å². The zero-order valence-corrected chi connectivity index (χ0v) is 17.2. The highest BCUT2D eigenvalue weighted by atomic mass is 28.4. The molecule has 1 aliphatic rings. The highest BCUT2D eigenvalue weighted by Gasteiger charge is 2.50. The van der Waals surface area contributed by atoms with E-state index in [4.69, 9.17) is 14.7 Å². The van der Waals surface area contributed by atoms with Crippen molar-refractivity contribution in [3.05, 3.63) is 43.5 Å². The monoisotopic (exact) mass is 399 g/mol. The van der Waals surface area contributed by atoms with Gasteiger partial charge in [0.1, 0.15) is 11.8 Å². The van der Waals surface area contributed by atoms with E-state index in [2.05, 4.69) is 48.9 Å². The summed E-state index contributed by atoms with van der Waals surface area (Å²) in [5, 5.41) is 3.51. The molecule has 2 heterocycles. The molecule has 0 amide bonds. The molecule has 0 radical (unpaired) electrons. The molecule has 11 heteroatoms. The maximum absolute atomic E-state index is 14.8. The van der Waals surface area contributed by atoms with Crippen LogP contribution in [0.2, 0.25) is 18.1 Å². The Morgan fingerprint density at radius 3 is 2.74 bits per heavy atom. The van der Waals surface area contributed by atoms with Crippen LogP contribution in [0.15, 0.2) is 27.0 Å². The number of nitrogens with zero attached hydrogens (tertiary/aromatic N) is 4. The van der Waals surface area contributed by atoms with E-state index in [-0.39, 0.29) is 24.6 Å². The lowest BCUT2D eigenvalue weighted by Gasteiger charge is -2.39. The lowest BCUT2D eigenvalue weighted by Crippen LogP contribution is -2.47. The van der Waals surface area contributed by atoms with Crippen molar-refractivity contribution in [1.82, 2.24) is 9.55 Å². The number of azide groups is 1. The van der Waals surface area contributed by atoms with Crippen LogP contribution in [0.1, 0.15) is 33.4 Å². The zero-order chi connectivity index (χ0) is 20.5.